The molecule has 1 heterocycles. The van der Waals surface area contributed by atoms with E-state index in [1.54, 1.807) is 0 Å². The van der Waals surface area contributed by atoms with Crippen LogP contribution < -0.4 is 0 Å². The fraction of sp³-hybridized carbons (Fsp3) is 0.357. The molecule has 0 saturated carbocycles. The molecule has 0 radical (unpaired) electrons. The molecule has 0 atom stereocenters. The smallest absolute Gasteiger partial charge is 0.316 e. The van der Waals surface area contributed by atoms with Crippen molar-refractivity contribution in [1.29, 1.82) is 0 Å². The van der Waals surface area contributed by atoms with Crippen LogP contribution in [0, 0.1) is 6.92 Å². The Balaban J connectivity index is 1.79. The maximum atomic E-state index is 11.7. The lowest BCUT2D eigenvalue weighted by Gasteiger charge is -2.05. The number of aryl methyl sites for hydroxylation is 2. The summed E-state index contributed by atoms with van der Waals surface area (Å²) in [6, 6.07) is 5.94. The van der Waals surface area contributed by atoms with E-state index in [4.69, 9.17) is 9.26 Å². The van der Waals surface area contributed by atoms with Gasteiger partial charge in [0.15, 0.2) is 12.4 Å². The van der Waals surface area contributed by atoms with Gasteiger partial charge in [-0.15, -0.1) is 11.8 Å². The van der Waals surface area contributed by atoms with Crippen LogP contribution >= 0.6 is 27.7 Å². The van der Waals surface area contributed by atoms with E-state index >= 15 is 0 Å². The lowest BCUT2D eigenvalue weighted by Crippen LogP contribution is -2.07. The van der Waals surface area contributed by atoms with E-state index in [0.29, 0.717) is 18.1 Å². The number of esters is 1. The molecule has 0 bridgehead atoms. The molecule has 5 nitrogen and oxygen atoms in total. The molecule has 2 rings (SSSR count). The summed E-state index contributed by atoms with van der Waals surface area (Å²) in [5.74, 6) is 0.876. The van der Waals surface area contributed by atoms with Crippen molar-refractivity contribution in [2.45, 2.75) is 31.8 Å². The zero-order valence-electron chi connectivity index (χ0n) is 11.8. The van der Waals surface area contributed by atoms with Crippen LogP contribution in [0.4, 0.5) is 0 Å². The summed E-state index contributed by atoms with van der Waals surface area (Å²) in [6.45, 7) is 3.95. The maximum absolute atomic E-state index is 11.7. The Kier molecular flexibility index (Phi) is 5.81. The summed E-state index contributed by atoms with van der Waals surface area (Å²) in [6.07, 6.45) is 0.691. The summed E-state index contributed by atoms with van der Waals surface area (Å²) < 4.78 is 11.1. The summed E-state index contributed by atoms with van der Waals surface area (Å²) in [5, 5.41) is 3.74. The van der Waals surface area contributed by atoms with Gasteiger partial charge >= 0.3 is 5.97 Å². The first-order chi connectivity index (χ1) is 10.1. The number of carbonyl (C=O) groups excluding carboxylic acids is 1. The zero-order chi connectivity index (χ0) is 15.2. The molecule has 1 aromatic carbocycles. The average molecular weight is 371 g/mol. The summed E-state index contributed by atoms with van der Waals surface area (Å²) >= 11 is 4.86. The van der Waals surface area contributed by atoms with Gasteiger partial charge in [-0.2, -0.15) is 4.98 Å². The molecule has 0 aliphatic rings. The van der Waals surface area contributed by atoms with Crippen LogP contribution in [0.1, 0.15) is 24.2 Å². The van der Waals surface area contributed by atoms with Gasteiger partial charge in [0.2, 0.25) is 0 Å². The number of ether oxygens (including phenoxy) is 1. The Morgan fingerprint density at radius 2 is 2.29 bits per heavy atom. The normalized spacial score (nSPS) is 10.6. The number of aromatic nitrogens is 2. The molecule has 0 fully saturated rings. The number of hydrogen-bond acceptors (Lipinski definition) is 6. The number of halogens is 1. The first kappa shape index (κ1) is 16.0. The molecular formula is C14H15BrN2O3S. The third kappa shape index (κ3) is 4.86. The van der Waals surface area contributed by atoms with Crippen LogP contribution in [0.3, 0.4) is 0 Å². The first-order valence-corrected chi connectivity index (χ1v) is 8.22. The quantitative estimate of drug-likeness (QED) is 0.572. The number of nitrogens with zero attached hydrogens (tertiary/aromatic N) is 2. The predicted octanol–water partition coefficient (Wildman–Crippen LogP) is 3.54. The number of thioether (sulfide) groups is 1. The van der Waals surface area contributed by atoms with Gasteiger partial charge in [0.05, 0.1) is 5.75 Å². The van der Waals surface area contributed by atoms with Crippen LogP contribution in [0.5, 0.6) is 0 Å². The van der Waals surface area contributed by atoms with E-state index in [0.717, 1.165) is 14.9 Å². The van der Waals surface area contributed by atoms with Crippen molar-refractivity contribution in [1.82, 2.24) is 10.1 Å². The minimum atomic E-state index is -0.307. The Labute approximate surface area is 135 Å². The van der Waals surface area contributed by atoms with Crippen LogP contribution in [-0.2, 0) is 22.6 Å². The second-order valence-electron chi connectivity index (χ2n) is 4.32. The number of hydrogen-bond donors (Lipinski definition) is 0. The molecular weight excluding hydrogens is 356 g/mol. The summed E-state index contributed by atoms with van der Waals surface area (Å²) in [7, 11) is 0. The molecule has 21 heavy (non-hydrogen) atoms. The molecule has 2 aromatic rings. The van der Waals surface area contributed by atoms with Crippen molar-refractivity contribution in [3.63, 3.8) is 0 Å². The van der Waals surface area contributed by atoms with E-state index in [1.807, 2.05) is 32.0 Å². The SMILES string of the molecule is CCc1noc(COC(=O)CSc2ccc(Br)cc2C)n1. The van der Waals surface area contributed by atoms with E-state index in [9.17, 15) is 4.79 Å². The van der Waals surface area contributed by atoms with E-state index in [-0.39, 0.29) is 18.3 Å². The summed E-state index contributed by atoms with van der Waals surface area (Å²) in [5.41, 5.74) is 1.12. The molecule has 0 unspecified atom stereocenters. The molecule has 0 spiro atoms. The highest BCUT2D eigenvalue weighted by Gasteiger charge is 2.10. The average Bonchev–Trinajstić information content (AvgIpc) is 2.92. The highest BCUT2D eigenvalue weighted by atomic mass is 79.9. The predicted molar refractivity (Wildman–Crippen MR) is 83.1 cm³/mol. The van der Waals surface area contributed by atoms with Gasteiger partial charge in [0.25, 0.3) is 5.89 Å². The van der Waals surface area contributed by atoms with Crippen LogP contribution in [0.2, 0.25) is 0 Å². The molecule has 7 heteroatoms. The number of benzene rings is 1. The van der Waals surface area contributed by atoms with Gasteiger partial charge in [-0.1, -0.05) is 28.0 Å². The lowest BCUT2D eigenvalue weighted by molar-refractivity contribution is -0.142. The van der Waals surface area contributed by atoms with E-state index < -0.39 is 0 Å². The molecule has 0 N–H and O–H groups in total. The lowest BCUT2D eigenvalue weighted by atomic mass is 10.2. The highest BCUT2D eigenvalue weighted by molar-refractivity contribution is 9.10. The Morgan fingerprint density at radius 1 is 1.48 bits per heavy atom. The van der Waals surface area contributed by atoms with Gasteiger partial charge in [-0.05, 0) is 30.7 Å². The second kappa shape index (κ2) is 7.61. The van der Waals surface area contributed by atoms with E-state index in [1.165, 1.54) is 11.8 Å². The minimum Gasteiger partial charge on any atom is -0.455 e. The monoisotopic (exact) mass is 370 g/mol. The molecule has 112 valence electrons. The highest BCUT2D eigenvalue weighted by Crippen LogP contribution is 2.25. The minimum absolute atomic E-state index is 0.0196. The standard InChI is InChI=1S/C14H15BrN2O3S/c1-3-12-16-13(20-17-12)7-19-14(18)8-21-11-5-4-10(15)6-9(11)2/h4-6H,3,7-8H2,1-2H3. The molecule has 0 saturated heterocycles. The van der Waals surface area contributed by atoms with Crippen molar-refractivity contribution in [3.05, 3.63) is 40.0 Å². The Bertz CT molecular complexity index is 630. The molecule has 0 aliphatic heterocycles. The van der Waals surface area contributed by atoms with Crippen LogP contribution in [0.15, 0.2) is 32.1 Å². The maximum Gasteiger partial charge on any atom is 0.316 e. The third-order valence-corrected chi connectivity index (χ3v) is 4.31. The second-order valence-corrected chi connectivity index (χ2v) is 6.25. The van der Waals surface area contributed by atoms with Crippen molar-refractivity contribution < 1.29 is 14.1 Å². The third-order valence-electron chi connectivity index (χ3n) is 2.67. The molecule has 0 aliphatic carbocycles. The largest absolute Gasteiger partial charge is 0.455 e. The zero-order valence-corrected chi connectivity index (χ0v) is 14.2. The van der Waals surface area contributed by atoms with Crippen molar-refractivity contribution in [2.75, 3.05) is 5.75 Å². The van der Waals surface area contributed by atoms with Crippen molar-refractivity contribution in [3.8, 4) is 0 Å². The molecule has 1 aromatic heterocycles. The van der Waals surface area contributed by atoms with Crippen molar-refractivity contribution in [2.24, 2.45) is 0 Å². The van der Waals surface area contributed by atoms with Gasteiger partial charge in [-0.3, -0.25) is 4.79 Å². The number of carbonyl (C=O) groups is 1. The topological polar surface area (TPSA) is 65.2 Å². The number of rotatable bonds is 6. The first-order valence-electron chi connectivity index (χ1n) is 6.44. The van der Waals surface area contributed by atoms with Gasteiger partial charge in [0, 0.05) is 15.8 Å². The van der Waals surface area contributed by atoms with Gasteiger partial charge < -0.3 is 9.26 Å². The fourth-order valence-electron chi connectivity index (χ4n) is 1.59. The van der Waals surface area contributed by atoms with Crippen LogP contribution in [0.25, 0.3) is 0 Å². The molecule has 0 amide bonds. The van der Waals surface area contributed by atoms with Gasteiger partial charge in [0.1, 0.15) is 0 Å². The fourth-order valence-corrected chi connectivity index (χ4v) is 2.87. The van der Waals surface area contributed by atoms with E-state index in [2.05, 4.69) is 26.1 Å². The van der Waals surface area contributed by atoms with Crippen molar-refractivity contribution >= 4 is 33.7 Å². The Hall–Kier alpha value is -1.34. The van der Waals surface area contributed by atoms with Crippen LogP contribution in [-0.4, -0.2) is 21.9 Å². The van der Waals surface area contributed by atoms with Gasteiger partial charge in [-0.25, -0.2) is 0 Å². The Morgan fingerprint density at radius 3 is 2.95 bits per heavy atom. The summed E-state index contributed by atoms with van der Waals surface area (Å²) in [4.78, 5) is 16.8.